The molecule has 9 aromatic carbocycles. The average molecular weight is 854 g/mol. The average Bonchev–Trinajstić information content (AvgIpc) is 3.37. The van der Waals surface area contributed by atoms with Gasteiger partial charge >= 0.3 is 0 Å². The summed E-state index contributed by atoms with van der Waals surface area (Å²) < 4.78 is 0. The summed E-state index contributed by atoms with van der Waals surface area (Å²) >= 11 is 0. The van der Waals surface area contributed by atoms with Gasteiger partial charge in [0.05, 0.1) is 0 Å². The lowest BCUT2D eigenvalue weighted by atomic mass is 10.0. The number of aryl methyl sites for hydroxylation is 2. The molecule has 10 aromatic rings. The molecule has 0 aliphatic carbocycles. The predicted octanol–water partition coefficient (Wildman–Crippen LogP) is 8.24. The third-order valence-corrected chi connectivity index (χ3v) is 22.2. The van der Waals surface area contributed by atoms with E-state index in [0.29, 0.717) is 17.5 Å². The molecule has 64 heavy (non-hydrogen) atoms. The van der Waals surface area contributed by atoms with Crippen molar-refractivity contribution in [3.8, 4) is 34.2 Å². The molecule has 0 N–H and O–H groups in total. The lowest BCUT2D eigenvalue weighted by Gasteiger charge is -2.34. The summed E-state index contributed by atoms with van der Waals surface area (Å²) in [5, 5.41) is 10.4. The highest BCUT2D eigenvalue weighted by Crippen LogP contribution is 2.29. The van der Waals surface area contributed by atoms with Gasteiger partial charge in [0.25, 0.3) is 0 Å². The molecule has 1 heterocycles. The lowest BCUT2D eigenvalue weighted by molar-refractivity contribution is 1.07. The summed E-state index contributed by atoms with van der Waals surface area (Å²) in [6, 6.07) is 90.7. The van der Waals surface area contributed by atoms with Gasteiger partial charge in [-0.05, 0) is 66.5 Å². The Bertz CT molecular complexity index is 2760. The fourth-order valence-electron chi connectivity index (χ4n) is 9.83. The smallest absolute Gasteiger partial charge is 0.179 e. The summed E-state index contributed by atoms with van der Waals surface area (Å²) in [5.74, 6) is 1.95. The van der Waals surface area contributed by atoms with Crippen LogP contribution < -0.4 is 41.5 Å². The molecule has 10 rings (SSSR count). The van der Waals surface area contributed by atoms with Crippen molar-refractivity contribution in [1.29, 1.82) is 0 Å². The van der Waals surface area contributed by atoms with Crippen LogP contribution in [-0.2, 0) is 0 Å². The summed E-state index contributed by atoms with van der Waals surface area (Å²) in [7, 11) is -5.66. The minimum atomic E-state index is -2.83. The summed E-state index contributed by atoms with van der Waals surface area (Å²) in [6.45, 7) is 4.29. The molecule has 1 aromatic heterocycles. The van der Waals surface area contributed by atoms with Crippen molar-refractivity contribution in [2.45, 2.75) is 13.8 Å². The van der Waals surface area contributed by atoms with E-state index in [4.69, 9.17) is 15.0 Å². The largest absolute Gasteiger partial charge is 0.208 e. The van der Waals surface area contributed by atoms with E-state index in [1.807, 2.05) is 0 Å². The van der Waals surface area contributed by atoms with Crippen LogP contribution in [-0.4, -0.2) is 31.1 Å². The zero-order valence-corrected chi connectivity index (χ0v) is 38.0. The molecule has 0 unspecified atom stereocenters. The van der Waals surface area contributed by atoms with Crippen molar-refractivity contribution in [3.63, 3.8) is 0 Å². The number of hydrogen-bond acceptors (Lipinski definition) is 3. The molecule has 0 saturated heterocycles. The number of hydrogen-bond donors (Lipinski definition) is 0. The van der Waals surface area contributed by atoms with Crippen molar-refractivity contribution in [1.82, 2.24) is 15.0 Å². The van der Waals surface area contributed by atoms with Crippen LogP contribution in [0.25, 0.3) is 34.2 Å². The molecule has 0 bridgehead atoms. The molecule has 0 radical (unpaired) electrons. The van der Waals surface area contributed by atoms with Gasteiger partial charge in [0, 0.05) is 16.7 Å². The van der Waals surface area contributed by atoms with E-state index in [0.717, 1.165) is 27.8 Å². The Labute approximate surface area is 378 Å². The third-order valence-electron chi connectivity index (χ3n) is 12.7. The van der Waals surface area contributed by atoms with Crippen LogP contribution in [0.15, 0.2) is 249 Å². The van der Waals surface area contributed by atoms with E-state index < -0.39 is 16.1 Å². The Morgan fingerprint density at radius 3 is 0.797 bits per heavy atom. The molecule has 0 saturated carbocycles. The predicted molar refractivity (Wildman–Crippen MR) is 273 cm³/mol. The monoisotopic (exact) mass is 853 g/mol. The molecule has 0 aliphatic heterocycles. The molecule has 0 fully saturated rings. The Kier molecular flexibility index (Phi) is 11.2. The van der Waals surface area contributed by atoms with E-state index in [9.17, 15) is 0 Å². The normalized spacial score (nSPS) is 11.6. The molecule has 5 heteroatoms. The van der Waals surface area contributed by atoms with E-state index in [1.165, 1.54) is 41.5 Å². The second-order valence-corrected chi connectivity index (χ2v) is 24.0. The van der Waals surface area contributed by atoms with Crippen LogP contribution in [0.4, 0.5) is 0 Å². The number of rotatable bonds is 11. The third kappa shape index (κ3) is 7.24. The van der Waals surface area contributed by atoms with Gasteiger partial charge in [-0.3, -0.25) is 0 Å². The fourth-order valence-corrected chi connectivity index (χ4v) is 19.4. The summed E-state index contributed by atoms with van der Waals surface area (Å²) in [4.78, 5) is 16.2. The van der Waals surface area contributed by atoms with Crippen molar-refractivity contribution in [2.24, 2.45) is 0 Å². The molecular weight excluding hydrogens is 807 g/mol. The maximum atomic E-state index is 5.45. The highest BCUT2D eigenvalue weighted by molar-refractivity contribution is 7.20. The van der Waals surface area contributed by atoms with Gasteiger partial charge in [-0.1, -0.05) is 249 Å². The fraction of sp³-hybridized carbons (Fsp3) is 0.0339. The Morgan fingerprint density at radius 2 is 0.500 bits per heavy atom. The minimum Gasteiger partial charge on any atom is -0.208 e. The van der Waals surface area contributed by atoms with Gasteiger partial charge in [0.15, 0.2) is 33.6 Å². The Hall–Kier alpha value is -7.58. The lowest BCUT2D eigenvalue weighted by Crippen LogP contribution is -2.74. The highest BCUT2D eigenvalue weighted by Gasteiger charge is 2.43. The zero-order valence-electron chi connectivity index (χ0n) is 36.0. The number of benzene rings is 9. The van der Waals surface area contributed by atoms with Crippen LogP contribution in [0.5, 0.6) is 0 Å². The quantitative estimate of drug-likeness (QED) is 0.0973. The van der Waals surface area contributed by atoms with Crippen LogP contribution in [0.2, 0.25) is 0 Å². The van der Waals surface area contributed by atoms with Gasteiger partial charge in [-0.25, -0.2) is 15.0 Å². The second-order valence-electron chi connectivity index (χ2n) is 16.4. The maximum Gasteiger partial charge on any atom is 0.179 e. The second kappa shape index (κ2) is 17.7. The molecule has 0 spiro atoms. The molecule has 306 valence electrons. The van der Waals surface area contributed by atoms with E-state index in [2.05, 4.69) is 263 Å². The van der Waals surface area contributed by atoms with Gasteiger partial charge < -0.3 is 0 Å². The first-order chi connectivity index (χ1) is 31.6. The first-order valence-corrected chi connectivity index (χ1v) is 25.9. The van der Waals surface area contributed by atoms with Crippen molar-refractivity contribution < 1.29 is 0 Å². The number of nitrogens with zero attached hydrogens (tertiary/aromatic N) is 3. The van der Waals surface area contributed by atoms with Gasteiger partial charge in [0.2, 0.25) is 0 Å². The first-order valence-electron chi connectivity index (χ1n) is 21.9. The van der Waals surface area contributed by atoms with Crippen molar-refractivity contribution in [2.75, 3.05) is 0 Å². The Morgan fingerprint density at radius 1 is 0.250 bits per heavy atom. The van der Waals surface area contributed by atoms with E-state index >= 15 is 0 Å². The maximum absolute atomic E-state index is 5.45. The molecule has 0 atom stereocenters. The molecule has 0 aliphatic rings. The van der Waals surface area contributed by atoms with E-state index in [-0.39, 0.29) is 0 Å². The SMILES string of the molecule is Cc1cccc(C)c1-c1nc(-c2cccc([Si](c3ccccc3)(c3ccccc3)c3ccccc3)c2)nc(-c2cccc([Si](c3ccccc3)(c3ccccc3)c3ccccc3)c2)n1. The molecular formula is C59H47N3Si2. The summed E-state index contributed by atoms with van der Waals surface area (Å²) in [6.07, 6.45) is 0. The first kappa shape index (κ1) is 40.5. The van der Waals surface area contributed by atoms with Crippen LogP contribution in [0, 0.1) is 13.8 Å². The molecule has 0 amide bonds. The Balaban J connectivity index is 1.22. The van der Waals surface area contributed by atoms with Crippen LogP contribution >= 0.6 is 0 Å². The minimum absolute atomic E-state index is 0.643. The van der Waals surface area contributed by atoms with Crippen LogP contribution in [0.1, 0.15) is 11.1 Å². The van der Waals surface area contributed by atoms with Crippen molar-refractivity contribution >= 4 is 57.6 Å². The topological polar surface area (TPSA) is 38.7 Å². The van der Waals surface area contributed by atoms with Crippen LogP contribution in [0.3, 0.4) is 0 Å². The van der Waals surface area contributed by atoms with E-state index in [1.54, 1.807) is 0 Å². The van der Waals surface area contributed by atoms with Gasteiger partial charge in [-0.15, -0.1) is 0 Å². The zero-order chi connectivity index (χ0) is 43.4. The van der Waals surface area contributed by atoms with Crippen molar-refractivity contribution in [3.05, 3.63) is 260 Å². The van der Waals surface area contributed by atoms with Gasteiger partial charge in [0.1, 0.15) is 0 Å². The highest BCUT2D eigenvalue weighted by atomic mass is 28.3. The standard InChI is InChI=1S/C59H47N3Si2/c1-44-24-21-25-45(2)56(44)59-61-57(46-26-22-40-54(42-46)63(48-28-9-3-10-29-48,49-30-11-4-12-31-49)50-32-13-5-14-33-50)60-58(62-59)47-27-23-41-55(43-47)64(51-34-15-6-16-35-51,52-36-17-7-18-37-52)53-38-19-8-20-39-53/h3-43H,1-2H3. The van der Waals surface area contributed by atoms with Gasteiger partial charge in [-0.2, -0.15) is 0 Å². The number of aromatic nitrogens is 3. The molecule has 3 nitrogen and oxygen atoms in total. The summed E-state index contributed by atoms with van der Waals surface area (Å²) in [5.41, 5.74) is 5.18.